The standard InChI is InChI=1S/C26H34N4O3/c1-5-30(25(31)18-6-7-18)23-15-20(14-22(17(23)2)26(32)33)19-8-9-24(27-16-19)29-12-10-21(11-13-29)28(3)4/h8-9,14-16,18,21H,5-7,10-13H2,1-4H3,(H,32,33). The van der Waals surface area contributed by atoms with Crippen molar-refractivity contribution < 1.29 is 14.7 Å². The summed E-state index contributed by atoms with van der Waals surface area (Å²) >= 11 is 0. The molecule has 2 aromatic rings. The van der Waals surface area contributed by atoms with E-state index >= 15 is 0 Å². The highest BCUT2D eigenvalue weighted by Crippen LogP contribution is 2.36. The van der Waals surface area contributed by atoms with Crippen LogP contribution < -0.4 is 9.80 Å². The summed E-state index contributed by atoms with van der Waals surface area (Å²) in [5.74, 6) is 0.113. The SMILES string of the molecule is CCN(C(=O)C1CC1)c1cc(-c2ccc(N3CCC(N(C)C)CC3)nc2)cc(C(=O)O)c1C. The molecule has 2 heterocycles. The number of carboxylic acid groups (broad SMARTS) is 1. The Labute approximate surface area is 196 Å². The first-order valence-electron chi connectivity index (χ1n) is 11.9. The van der Waals surface area contributed by atoms with Gasteiger partial charge in [-0.25, -0.2) is 9.78 Å². The quantitative estimate of drug-likeness (QED) is 0.686. The topological polar surface area (TPSA) is 77.0 Å². The predicted octanol–water partition coefficient (Wildman–Crippen LogP) is 4.05. The average Bonchev–Trinajstić information content (AvgIpc) is 3.66. The lowest BCUT2D eigenvalue weighted by molar-refractivity contribution is -0.119. The van der Waals surface area contributed by atoms with Gasteiger partial charge in [0.25, 0.3) is 0 Å². The van der Waals surface area contributed by atoms with Crippen molar-refractivity contribution >= 4 is 23.4 Å². The fourth-order valence-corrected chi connectivity index (χ4v) is 4.72. The van der Waals surface area contributed by atoms with Gasteiger partial charge < -0.3 is 19.8 Å². The summed E-state index contributed by atoms with van der Waals surface area (Å²) in [4.78, 5) is 35.9. The van der Waals surface area contributed by atoms with E-state index in [9.17, 15) is 14.7 Å². The van der Waals surface area contributed by atoms with E-state index in [1.165, 1.54) is 0 Å². The van der Waals surface area contributed by atoms with E-state index < -0.39 is 5.97 Å². The summed E-state index contributed by atoms with van der Waals surface area (Å²) in [6, 6.07) is 8.25. The molecule has 1 aliphatic heterocycles. The van der Waals surface area contributed by atoms with Gasteiger partial charge in [-0.3, -0.25) is 4.79 Å². The van der Waals surface area contributed by atoms with Crippen molar-refractivity contribution in [2.75, 3.05) is 43.5 Å². The normalized spacial score (nSPS) is 16.8. The van der Waals surface area contributed by atoms with Crippen molar-refractivity contribution in [3.8, 4) is 11.1 Å². The lowest BCUT2D eigenvalue weighted by atomic mass is 9.97. The van der Waals surface area contributed by atoms with Crippen LogP contribution in [0.15, 0.2) is 30.5 Å². The predicted molar refractivity (Wildman–Crippen MR) is 131 cm³/mol. The number of amides is 1. The van der Waals surface area contributed by atoms with Gasteiger partial charge in [-0.15, -0.1) is 0 Å². The smallest absolute Gasteiger partial charge is 0.336 e. The third kappa shape index (κ3) is 4.88. The number of benzene rings is 1. The molecule has 1 aromatic carbocycles. The first-order chi connectivity index (χ1) is 15.8. The van der Waals surface area contributed by atoms with Gasteiger partial charge in [0, 0.05) is 49.0 Å². The molecule has 1 aliphatic carbocycles. The van der Waals surface area contributed by atoms with Gasteiger partial charge in [0.2, 0.25) is 5.91 Å². The molecule has 0 spiro atoms. The van der Waals surface area contributed by atoms with Crippen molar-refractivity contribution in [1.29, 1.82) is 0 Å². The first kappa shape index (κ1) is 23.2. The lowest BCUT2D eigenvalue weighted by Gasteiger charge is -2.35. The van der Waals surface area contributed by atoms with Crippen LogP contribution in [0.5, 0.6) is 0 Å². The third-order valence-corrected chi connectivity index (χ3v) is 7.01. The van der Waals surface area contributed by atoms with Crippen molar-refractivity contribution in [2.45, 2.75) is 45.6 Å². The van der Waals surface area contributed by atoms with Crippen molar-refractivity contribution in [3.63, 3.8) is 0 Å². The van der Waals surface area contributed by atoms with E-state index in [4.69, 9.17) is 4.98 Å². The van der Waals surface area contributed by atoms with Crippen molar-refractivity contribution in [1.82, 2.24) is 9.88 Å². The van der Waals surface area contributed by atoms with E-state index in [-0.39, 0.29) is 17.4 Å². The molecule has 0 unspecified atom stereocenters. The fraction of sp³-hybridized carbons (Fsp3) is 0.500. The highest BCUT2D eigenvalue weighted by atomic mass is 16.4. The van der Waals surface area contributed by atoms with Crippen LogP contribution in [0.1, 0.15) is 48.5 Å². The minimum absolute atomic E-state index is 0.0684. The Hall–Kier alpha value is -2.93. The van der Waals surface area contributed by atoms with Crippen LogP contribution in [0.25, 0.3) is 11.1 Å². The molecule has 0 radical (unpaired) electrons. The molecular weight excluding hydrogens is 416 g/mol. The maximum atomic E-state index is 12.9. The Morgan fingerprint density at radius 3 is 2.30 bits per heavy atom. The van der Waals surface area contributed by atoms with E-state index in [1.54, 1.807) is 17.9 Å². The summed E-state index contributed by atoms with van der Waals surface area (Å²) in [7, 11) is 4.26. The van der Waals surface area contributed by atoms with Crippen LogP contribution in [0, 0.1) is 12.8 Å². The zero-order chi connectivity index (χ0) is 23.7. The Morgan fingerprint density at radius 1 is 1.09 bits per heavy atom. The minimum atomic E-state index is -0.987. The zero-order valence-electron chi connectivity index (χ0n) is 20.0. The Balaban J connectivity index is 1.62. The number of aromatic nitrogens is 1. The number of hydrogen-bond acceptors (Lipinski definition) is 5. The maximum absolute atomic E-state index is 12.9. The maximum Gasteiger partial charge on any atom is 0.336 e. The molecule has 7 heteroatoms. The highest BCUT2D eigenvalue weighted by Gasteiger charge is 2.34. The van der Waals surface area contributed by atoms with Gasteiger partial charge in [0.15, 0.2) is 0 Å². The average molecular weight is 451 g/mol. The molecule has 1 saturated heterocycles. The Kier molecular flexibility index (Phi) is 6.70. The van der Waals surface area contributed by atoms with Crippen molar-refractivity contribution in [2.24, 2.45) is 5.92 Å². The molecule has 2 aliphatic rings. The van der Waals surface area contributed by atoms with Crippen LogP contribution >= 0.6 is 0 Å². The Morgan fingerprint density at radius 2 is 1.79 bits per heavy atom. The molecule has 2 fully saturated rings. The fourth-order valence-electron chi connectivity index (χ4n) is 4.72. The van der Waals surface area contributed by atoms with Gasteiger partial charge in [-0.2, -0.15) is 0 Å². The van der Waals surface area contributed by atoms with E-state index in [2.05, 4.69) is 23.9 Å². The molecule has 7 nitrogen and oxygen atoms in total. The molecule has 1 amide bonds. The summed E-state index contributed by atoms with van der Waals surface area (Å²) in [5, 5.41) is 9.82. The number of anilines is 2. The number of nitrogens with zero attached hydrogens (tertiary/aromatic N) is 4. The lowest BCUT2D eigenvalue weighted by Crippen LogP contribution is -2.42. The van der Waals surface area contributed by atoms with Gasteiger partial charge >= 0.3 is 5.97 Å². The molecule has 176 valence electrons. The minimum Gasteiger partial charge on any atom is -0.478 e. The highest BCUT2D eigenvalue weighted by molar-refractivity contribution is 6.01. The second-order valence-corrected chi connectivity index (χ2v) is 9.42. The number of carboxylic acids is 1. The van der Waals surface area contributed by atoms with Crippen LogP contribution in [0.3, 0.4) is 0 Å². The molecule has 1 saturated carbocycles. The van der Waals surface area contributed by atoms with Gasteiger partial charge in [-0.05, 0) is 89.0 Å². The van der Waals surface area contributed by atoms with Gasteiger partial charge in [0.05, 0.1) is 5.56 Å². The zero-order valence-corrected chi connectivity index (χ0v) is 20.0. The number of carbonyl (C=O) groups is 2. The number of aromatic carboxylic acids is 1. The summed E-state index contributed by atoms with van der Waals surface area (Å²) < 4.78 is 0. The summed E-state index contributed by atoms with van der Waals surface area (Å²) in [6.45, 7) is 6.18. The summed E-state index contributed by atoms with van der Waals surface area (Å²) in [6.07, 6.45) is 5.86. The molecule has 1 aromatic heterocycles. The van der Waals surface area contributed by atoms with Crippen LogP contribution in [0.2, 0.25) is 0 Å². The molecule has 1 N–H and O–H groups in total. The number of hydrogen-bond donors (Lipinski definition) is 1. The second-order valence-electron chi connectivity index (χ2n) is 9.42. The van der Waals surface area contributed by atoms with Gasteiger partial charge in [-0.1, -0.05) is 0 Å². The number of carbonyl (C=O) groups excluding carboxylic acids is 1. The van der Waals surface area contributed by atoms with Crippen molar-refractivity contribution in [3.05, 3.63) is 41.6 Å². The molecule has 0 bridgehead atoms. The van der Waals surface area contributed by atoms with Crippen LogP contribution in [-0.4, -0.2) is 66.6 Å². The number of rotatable bonds is 7. The summed E-state index contributed by atoms with van der Waals surface area (Å²) in [5.41, 5.74) is 3.13. The second kappa shape index (κ2) is 9.51. The largest absolute Gasteiger partial charge is 0.478 e. The Bertz CT molecular complexity index is 1020. The van der Waals surface area contributed by atoms with Gasteiger partial charge in [0.1, 0.15) is 5.82 Å². The van der Waals surface area contributed by atoms with E-state index in [1.807, 2.05) is 31.3 Å². The monoisotopic (exact) mass is 450 g/mol. The molecule has 4 rings (SSSR count). The number of pyridine rings is 1. The molecule has 0 atom stereocenters. The first-order valence-corrected chi connectivity index (χ1v) is 11.9. The van der Waals surface area contributed by atoms with E-state index in [0.29, 0.717) is 23.8 Å². The molecule has 33 heavy (non-hydrogen) atoms. The van der Waals surface area contributed by atoms with E-state index in [0.717, 1.165) is 55.7 Å². The molecular formula is C26H34N4O3. The van der Waals surface area contributed by atoms with Crippen LogP contribution in [-0.2, 0) is 4.79 Å². The third-order valence-electron chi connectivity index (χ3n) is 7.01. The van der Waals surface area contributed by atoms with Crippen LogP contribution in [0.4, 0.5) is 11.5 Å². The number of piperidine rings is 1.